The Morgan fingerprint density at radius 3 is 2.62 bits per heavy atom. The molecule has 0 saturated heterocycles. The summed E-state index contributed by atoms with van der Waals surface area (Å²) in [4.78, 5) is 18.5. The van der Waals surface area contributed by atoms with Gasteiger partial charge >= 0.3 is 0 Å². The molecule has 0 aliphatic rings. The molecular weight excluding hydrogens is 417 g/mol. The summed E-state index contributed by atoms with van der Waals surface area (Å²) in [6, 6.07) is 13.7. The number of para-hydroxylation sites is 1. The van der Waals surface area contributed by atoms with E-state index < -0.39 is 0 Å². The molecule has 0 radical (unpaired) electrons. The molecule has 2 aromatic carbocycles. The van der Waals surface area contributed by atoms with Crippen molar-refractivity contribution in [3.63, 3.8) is 0 Å². The zero-order chi connectivity index (χ0) is 18.3. The maximum Gasteiger partial charge on any atom is 0.267 e. The van der Waals surface area contributed by atoms with Crippen molar-refractivity contribution in [2.24, 2.45) is 0 Å². The summed E-state index contributed by atoms with van der Waals surface area (Å²) < 4.78 is 15.8. The van der Waals surface area contributed by atoms with Crippen LogP contribution in [-0.4, -0.2) is 15.3 Å². The van der Waals surface area contributed by atoms with Crippen LogP contribution in [0.15, 0.2) is 59.2 Å². The van der Waals surface area contributed by atoms with Crippen molar-refractivity contribution in [2.45, 2.75) is 6.92 Å². The number of fused-ring (bicyclic) bond motifs is 1. The van der Waals surface area contributed by atoms with Crippen LogP contribution in [-0.2, 0) is 0 Å². The first-order valence-electron chi connectivity index (χ1n) is 7.83. The first-order valence-corrected chi connectivity index (χ1v) is 9.44. The summed E-state index contributed by atoms with van der Waals surface area (Å²) in [6.45, 7) is 1.88. The first kappa shape index (κ1) is 16.9. The van der Waals surface area contributed by atoms with E-state index in [9.17, 15) is 9.18 Å². The molecule has 2 heterocycles. The zero-order valence-corrected chi connectivity index (χ0v) is 16.1. The third kappa shape index (κ3) is 3.04. The number of carbonyl (C=O) groups excluding carboxylic acids is 1. The third-order valence-corrected chi connectivity index (χ3v) is 5.87. The number of hydrogen-bond donors (Lipinski definition) is 1. The molecule has 0 aliphatic carbocycles. The number of rotatable bonds is 3. The number of anilines is 1. The maximum atomic E-state index is 13.1. The molecule has 4 nitrogen and oxygen atoms in total. The lowest BCUT2D eigenvalue weighted by molar-refractivity contribution is 0.102. The Bertz CT molecular complexity index is 1120. The zero-order valence-electron chi connectivity index (χ0n) is 13.7. The van der Waals surface area contributed by atoms with Crippen molar-refractivity contribution >= 4 is 43.8 Å². The van der Waals surface area contributed by atoms with E-state index in [4.69, 9.17) is 0 Å². The minimum atomic E-state index is -0.281. The fraction of sp³-hybridized carbons (Fsp3) is 0.0526. The Kier molecular flexibility index (Phi) is 4.34. The Labute approximate surface area is 161 Å². The molecule has 0 saturated carbocycles. The van der Waals surface area contributed by atoms with Gasteiger partial charge in [0.15, 0.2) is 4.96 Å². The molecule has 130 valence electrons. The first-order chi connectivity index (χ1) is 12.5. The average Bonchev–Trinajstić information content (AvgIpc) is 3.17. The highest BCUT2D eigenvalue weighted by molar-refractivity contribution is 9.10. The number of benzene rings is 2. The Balaban J connectivity index is 1.66. The average molecular weight is 430 g/mol. The molecule has 0 aliphatic heterocycles. The van der Waals surface area contributed by atoms with Crippen LogP contribution in [0.5, 0.6) is 0 Å². The third-order valence-electron chi connectivity index (χ3n) is 4.03. The number of halogens is 2. The number of hydrogen-bond acceptors (Lipinski definition) is 3. The van der Waals surface area contributed by atoms with Gasteiger partial charge in [-0.25, -0.2) is 9.37 Å². The normalized spacial score (nSPS) is 11.0. The lowest BCUT2D eigenvalue weighted by Crippen LogP contribution is -2.12. The number of nitrogens with zero attached hydrogens (tertiary/aromatic N) is 2. The Hall–Kier alpha value is -2.51. The van der Waals surface area contributed by atoms with E-state index >= 15 is 0 Å². The largest absolute Gasteiger partial charge is 0.320 e. The SMILES string of the molecule is Cc1c(C(=O)Nc2ccccc2Br)sc2nc(-c3ccc(F)cc3)cn12. The molecule has 4 aromatic rings. The van der Waals surface area contributed by atoms with Crippen molar-refractivity contribution in [1.29, 1.82) is 0 Å². The van der Waals surface area contributed by atoms with Gasteiger partial charge in [-0.2, -0.15) is 0 Å². The van der Waals surface area contributed by atoms with Gasteiger partial charge in [-0.15, -0.1) is 0 Å². The molecule has 4 rings (SSSR count). The monoisotopic (exact) mass is 429 g/mol. The van der Waals surface area contributed by atoms with Gasteiger partial charge in [-0.1, -0.05) is 23.5 Å². The van der Waals surface area contributed by atoms with E-state index in [0.717, 1.165) is 32.1 Å². The second-order valence-electron chi connectivity index (χ2n) is 5.74. The summed E-state index contributed by atoms with van der Waals surface area (Å²) in [5, 5.41) is 2.91. The molecule has 0 atom stereocenters. The Morgan fingerprint density at radius 1 is 1.19 bits per heavy atom. The lowest BCUT2D eigenvalue weighted by Gasteiger charge is -2.06. The molecular formula is C19H13BrFN3OS. The molecule has 7 heteroatoms. The second kappa shape index (κ2) is 6.66. The highest BCUT2D eigenvalue weighted by Crippen LogP contribution is 2.29. The summed E-state index contributed by atoms with van der Waals surface area (Å²) >= 11 is 4.75. The minimum absolute atomic E-state index is 0.173. The van der Waals surface area contributed by atoms with Gasteiger partial charge in [0.1, 0.15) is 10.7 Å². The fourth-order valence-corrected chi connectivity index (χ4v) is 4.05. The maximum absolute atomic E-state index is 13.1. The second-order valence-corrected chi connectivity index (χ2v) is 7.57. The van der Waals surface area contributed by atoms with Crippen LogP contribution < -0.4 is 5.32 Å². The number of nitrogens with one attached hydrogen (secondary N) is 1. The number of carbonyl (C=O) groups is 1. The van der Waals surface area contributed by atoms with E-state index in [-0.39, 0.29) is 11.7 Å². The molecule has 1 N–H and O–H groups in total. The quantitative estimate of drug-likeness (QED) is 0.465. The predicted octanol–water partition coefficient (Wildman–Crippen LogP) is 5.53. The van der Waals surface area contributed by atoms with Crippen LogP contribution >= 0.6 is 27.3 Å². The van der Waals surface area contributed by atoms with E-state index in [2.05, 4.69) is 26.2 Å². The standard InChI is InChI=1S/C19H13BrFN3OS/c1-11-17(18(25)22-15-5-3-2-4-14(15)20)26-19-23-16(10-24(11)19)12-6-8-13(21)9-7-12/h2-10H,1H3,(H,22,25). The molecule has 0 spiro atoms. The van der Waals surface area contributed by atoms with Gasteiger partial charge in [0.05, 0.1) is 11.4 Å². The molecule has 0 fully saturated rings. The van der Waals surface area contributed by atoms with E-state index in [1.807, 2.05) is 41.8 Å². The minimum Gasteiger partial charge on any atom is -0.320 e. The van der Waals surface area contributed by atoms with Gasteiger partial charge in [0.25, 0.3) is 5.91 Å². The summed E-state index contributed by atoms with van der Waals surface area (Å²) in [5.74, 6) is -0.454. The summed E-state index contributed by atoms with van der Waals surface area (Å²) in [7, 11) is 0. The molecule has 26 heavy (non-hydrogen) atoms. The highest BCUT2D eigenvalue weighted by atomic mass is 79.9. The number of thiazole rings is 1. The van der Waals surface area contributed by atoms with Gasteiger partial charge in [-0.05, 0) is 59.3 Å². The van der Waals surface area contributed by atoms with Crippen molar-refractivity contribution in [3.05, 3.63) is 75.6 Å². The predicted molar refractivity (Wildman–Crippen MR) is 105 cm³/mol. The van der Waals surface area contributed by atoms with E-state index in [1.54, 1.807) is 12.1 Å². The van der Waals surface area contributed by atoms with Gasteiger partial charge in [0, 0.05) is 21.9 Å². The lowest BCUT2D eigenvalue weighted by atomic mass is 10.2. The van der Waals surface area contributed by atoms with Crippen LogP contribution in [0.4, 0.5) is 10.1 Å². The Morgan fingerprint density at radius 2 is 1.92 bits per heavy atom. The van der Waals surface area contributed by atoms with Gasteiger partial charge in [-0.3, -0.25) is 9.20 Å². The molecule has 2 aromatic heterocycles. The van der Waals surface area contributed by atoms with Gasteiger partial charge < -0.3 is 5.32 Å². The summed E-state index contributed by atoms with van der Waals surface area (Å²) in [5.41, 5.74) is 3.11. The van der Waals surface area contributed by atoms with Crippen molar-refractivity contribution in [2.75, 3.05) is 5.32 Å². The summed E-state index contributed by atoms with van der Waals surface area (Å²) in [6.07, 6.45) is 1.86. The molecule has 0 bridgehead atoms. The molecule has 0 unspecified atom stereocenters. The van der Waals surface area contributed by atoms with Crippen LogP contribution in [0.2, 0.25) is 0 Å². The topological polar surface area (TPSA) is 46.4 Å². The van der Waals surface area contributed by atoms with Crippen LogP contribution in [0.1, 0.15) is 15.4 Å². The van der Waals surface area contributed by atoms with Crippen molar-refractivity contribution < 1.29 is 9.18 Å². The van der Waals surface area contributed by atoms with Crippen molar-refractivity contribution in [3.8, 4) is 11.3 Å². The van der Waals surface area contributed by atoms with E-state index in [1.165, 1.54) is 23.5 Å². The smallest absolute Gasteiger partial charge is 0.267 e. The number of imidazole rings is 1. The number of amides is 1. The molecule has 1 amide bonds. The van der Waals surface area contributed by atoms with Crippen molar-refractivity contribution in [1.82, 2.24) is 9.38 Å². The van der Waals surface area contributed by atoms with Crippen LogP contribution in [0.3, 0.4) is 0 Å². The fourth-order valence-electron chi connectivity index (χ4n) is 2.66. The van der Waals surface area contributed by atoms with Gasteiger partial charge in [0.2, 0.25) is 0 Å². The highest BCUT2D eigenvalue weighted by Gasteiger charge is 2.18. The van der Waals surface area contributed by atoms with Crippen LogP contribution in [0, 0.1) is 12.7 Å². The number of aromatic nitrogens is 2. The van der Waals surface area contributed by atoms with Crippen LogP contribution in [0.25, 0.3) is 16.2 Å². The number of aryl methyl sites for hydroxylation is 1. The van der Waals surface area contributed by atoms with E-state index in [0.29, 0.717) is 4.88 Å².